The molecule has 2 fully saturated rings. The van der Waals surface area contributed by atoms with Crippen molar-refractivity contribution in [3.05, 3.63) is 35.4 Å². The van der Waals surface area contributed by atoms with Gasteiger partial charge in [-0.1, -0.05) is 24.3 Å². The molecule has 1 unspecified atom stereocenters. The Morgan fingerprint density at radius 3 is 2.44 bits per heavy atom. The van der Waals surface area contributed by atoms with Gasteiger partial charge in [0.1, 0.15) is 0 Å². The van der Waals surface area contributed by atoms with E-state index in [4.69, 9.17) is 0 Å². The number of rotatable bonds is 3. The zero-order chi connectivity index (χ0) is 16.6. The number of fused-ring (bicyclic) bond motifs is 1. The van der Waals surface area contributed by atoms with Gasteiger partial charge in [0.2, 0.25) is 0 Å². The van der Waals surface area contributed by atoms with Crippen LogP contribution in [0.5, 0.6) is 0 Å². The van der Waals surface area contributed by atoms with Gasteiger partial charge in [-0.3, -0.25) is 4.90 Å². The van der Waals surface area contributed by atoms with Gasteiger partial charge in [0.05, 0.1) is 0 Å². The number of hydrogen-bond donors (Lipinski definition) is 1. The average Bonchev–Trinajstić information content (AvgIpc) is 3.13. The fraction of sp³-hybridized carbons (Fsp3) is 0.647. The summed E-state index contributed by atoms with van der Waals surface area (Å²) in [5, 5.41) is 3.36. The van der Waals surface area contributed by atoms with E-state index in [-0.39, 0.29) is 12.4 Å². The molecule has 0 spiro atoms. The lowest BCUT2D eigenvalue weighted by Crippen LogP contribution is -2.50. The molecule has 3 heterocycles. The maximum absolute atomic E-state index is 13.0. The number of piperazine rings is 1. The van der Waals surface area contributed by atoms with E-state index in [9.17, 15) is 8.42 Å². The van der Waals surface area contributed by atoms with E-state index in [1.165, 1.54) is 5.56 Å². The van der Waals surface area contributed by atoms with Crippen LogP contribution in [0.1, 0.15) is 17.5 Å². The minimum Gasteiger partial charge on any atom is -0.314 e. The van der Waals surface area contributed by atoms with Crippen LogP contribution >= 0.6 is 12.4 Å². The highest BCUT2D eigenvalue weighted by Crippen LogP contribution is 2.26. The number of benzene rings is 1. The molecular weight excluding hydrogens is 360 g/mol. The quantitative estimate of drug-likeness (QED) is 0.830. The van der Waals surface area contributed by atoms with Crippen LogP contribution < -0.4 is 5.32 Å². The fourth-order valence-corrected chi connectivity index (χ4v) is 5.74. The summed E-state index contributed by atoms with van der Waals surface area (Å²) in [6, 6.07) is 8.55. The van der Waals surface area contributed by atoms with Crippen molar-refractivity contribution >= 4 is 22.6 Å². The molecule has 0 amide bonds. The summed E-state index contributed by atoms with van der Waals surface area (Å²) in [5.74, 6) is 0. The molecule has 140 valence electrons. The second kappa shape index (κ2) is 7.90. The van der Waals surface area contributed by atoms with E-state index in [1.54, 1.807) is 8.61 Å². The van der Waals surface area contributed by atoms with Crippen molar-refractivity contribution < 1.29 is 8.42 Å². The van der Waals surface area contributed by atoms with Crippen LogP contribution in [0.15, 0.2) is 24.3 Å². The first kappa shape index (κ1) is 19.1. The van der Waals surface area contributed by atoms with Crippen molar-refractivity contribution in [2.24, 2.45) is 0 Å². The van der Waals surface area contributed by atoms with E-state index in [0.717, 1.165) is 44.6 Å². The second-order valence-corrected chi connectivity index (χ2v) is 8.87. The van der Waals surface area contributed by atoms with Crippen LogP contribution in [-0.2, 0) is 23.2 Å². The van der Waals surface area contributed by atoms with Gasteiger partial charge in [-0.05, 0) is 24.0 Å². The molecule has 2 saturated heterocycles. The molecule has 0 aliphatic carbocycles. The van der Waals surface area contributed by atoms with Crippen molar-refractivity contribution in [2.75, 3.05) is 45.8 Å². The molecule has 1 aromatic carbocycles. The van der Waals surface area contributed by atoms with Crippen molar-refractivity contribution in [2.45, 2.75) is 25.4 Å². The van der Waals surface area contributed by atoms with Crippen LogP contribution in [0.25, 0.3) is 0 Å². The summed E-state index contributed by atoms with van der Waals surface area (Å²) in [7, 11) is -3.35. The van der Waals surface area contributed by atoms with Crippen molar-refractivity contribution in [3.63, 3.8) is 0 Å². The molecule has 3 aliphatic heterocycles. The third kappa shape index (κ3) is 3.86. The largest absolute Gasteiger partial charge is 0.314 e. The van der Waals surface area contributed by atoms with Crippen molar-refractivity contribution in [1.29, 1.82) is 0 Å². The first-order valence-electron chi connectivity index (χ1n) is 8.91. The monoisotopic (exact) mass is 386 g/mol. The zero-order valence-electron chi connectivity index (χ0n) is 14.4. The molecule has 0 bridgehead atoms. The molecule has 0 saturated carbocycles. The Balaban J connectivity index is 0.00000182. The summed E-state index contributed by atoms with van der Waals surface area (Å²) in [6.07, 6.45) is 1.76. The van der Waals surface area contributed by atoms with Crippen molar-refractivity contribution in [1.82, 2.24) is 18.8 Å². The fourth-order valence-electron chi connectivity index (χ4n) is 4.10. The Bertz CT molecular complexity index is 694. The normalized spacial score (nSPS) is 26.2. The standard InChI is InChI=1S/C17H26N4O2S.ClH/c22-24(23,20-9-5-15-3-1-2-4-16(15)13-20)21-10-6-17(14-21)19-11-7-18-8-12-19;/h1-4,17-18H,5-14H2;1H. The van der Waals surface area contributed by atoms with Gasteiger partial charge in [0.15, 0.2) is 0 Å². The second-order valence-electron chi connectivity index (χ2n) is 6.95. The highest BCUT2D eigenvalue weighted by atomic mass is 35.5. The van der Waals surface area contributed by atoms with E-state index in [0.29, 0.717) is 32.2 Å². The molecule has 4 rings (SSSR count). The van der Waals surface area contributed by atoms with Crippen molar-refractivity contribution in [3.8, 4) is 0 Å². The summed E-state index contributed by atoms with van der Waals surface area (Å²) in [4.78, 5) is 2.44. The van der Waals surface area contributed by atoms with Gasteiger partial charge in [0, 0.05) is 58.4 Å². The first-order chi connectivity index (χ1) is 11.6. The average molecular weight is 387 g/mol. The van der Waals surface area contributed by atoms with Crippen LogP contribution in [0.3, 0.4) is 0 Å². The molecule has 0 aromatic heterocycles. The Labute approximate surface area is 156 Å². The maximum atomic E-state index is 13.0. The summed E-state index contributed by atoms with van der Waals surface area (Å²) in [5.41, 5.74) is 2.43. The Morgan fingerprint density at radius 2 is 1.68 bits per heavy atom. The predicted molar refractivity (Wildman–Crippen MR) is 101 cm³/mol. The molecule has 8 heteroatoms. The highest BCUT2D eigenvalue weighted by Gasteiger charge is 2.38. The van der Waals surface area contributed by atoms with Gasteiger partial charge in [0.25, 0.3) is 10.2 Å². The third-order valence-electron chi connectivity index (χ3n) is 5.54. The van der Waals surface area contributed by atoms with Gasteiger partial charge in [-0.25, -0.2) is 0 Å². The molecule has 1 N–H and O–H groups in total. The first-order valence-corrected chi connectivity index (χ1v) is 10.3. The van der Waals surface area contributed by atoms with Crippen LogP contribution in [-0.4, -0.2) is 73.8 Å². The Morgan fingerprint density at radius 1 is 0.960 bits per heavy atom. The lowest BCUT2D eigenvalue weighted by atomic mass is 10.0. The molecule has 3 aliphatic rings. The smallest absolute Gasteiger partial charge is 0.282 e. The highest BCUT2D eigenvalue weighted by molar-refractivity contribution is 7.86. The van der Waals surface area contributed by atoms with Crippen LogP contribution in [0, 0.1) is 0 Å². The maximum Gasteiger partial charge on any atom is 0.282 e. The number of halogens is 1. The Hall–Kier alpha value is -0.700. The van der Waals surface area contributed by atoms with E-state index in [1.807, 2.05) is 18.2 Å². The van der Waals surface area contributed by atoms with Gasteiger partial charge < -0.3 is 5.32 Å². The minimum atomic E-state index is -3.35. The molecule has 25 heavy (non-hydrogen) atoms. The molecule has 6 nitrogen and oxygen atoms in total. The molecule has 0 radical (unpaired) electrons. The molecular formula is C17H27ClN4O2S. The van der Waals surface area contributed by atoms with E-state index < -0.39 is 10.2 Å². The number of nitrogens with zero attached hydrogens (tertiary/aromatic N) is 3. The van der Waals surface area contributed by atoms with E-state index in [2.05, 4.69) is 16.3 Å². The van der Waals surface area contributed by atoms with Crippen LogP contribution in [0.4, 0.5) is 0 Å². The predicted octanol–water partition coefficient (Wildman–Crippen LogP) is 0.691. The summed E-state index contributed by atoms with van der Waals surface area (Å²) >= 11 is 0. The van der Waals surface area contributed by atoms with E-state index >= 15 is 0 Å². The zero-order valence-corrected chi connectivity index (χ0v) is 16.1. The van der Waals surface area contributed by atoms with Gasteiger partial charge in [-0.15, -0.1) is 12.4 Å². The van der Waals surface area contributed by atoms with Crippen LogP contribution in [0.2, 0.25) is 0 Å². The lowest BCUT2D eigenvalue weighted by Gasteiger charge is -2.34. The number of nitrogens with one attached hydrogen (secondary N) is 1. The van der Waals surface area contributed by atoms with Gasteiger partial charge >= 0.3 is 0 Å². The lowest BCUT2D eigenvalue weighted by molar-refractivity contribution is 0.179. The number of hydrogen-bond acceptors (Lipinski definition) is 4. The molecule has 1 atom stereocenters. The minimum absolute atomic E-state index is 0. The third-order valence-corrected chi connectivity index (χ3v) is 7.49. The van der Waals surface area contributed by atoms with Gasteiger partial charge in [-0.2, -0.15) is 17.0 Å². The Kier molecular flexibility index (Phi) is 6.03. The topological polar surface area (TPSA) is 55.9 Å². The summed E-state index contributed by atoms with van der Waals surface area (Å²) < 4.78 is 29.5. The SMILES string of the molecule is Cl.O=S(=O)(N1CCc2ccccc2C1)N1CCC(N2CCNCC2)C1. The molecule has 1 aromatic rings. The summed E-state index contributed by atoms with van der Waals surface area (Å²) in [6.45, 7) is 6.45.